The van der Waals surface area contributed by atoms with E-state index in [-0.39, 0.29) is 24.6 Å². The second-order valence-corrected chi connectivity index (χ2v) is 4.25. The van der Waals surface area contributed by atoms with Gasteiger partial charge in [0.15, 0.2) is 5.82 Å². The number of aliphatic hydroxyl groups excluding tert-OH is 1. The summed E-state index contributed by atoms with van der Waals surface area (Å²) in [6.45, 7) is -0.0756. The summed E-state index contributed by atoms with van der Waals surface area (Å²) in [5.74, 6) is 0.474. The zero-order valence-electron chi connectivity index (χ0n) is 10.9. The van der Waals surface area contributed by atoms with E-state index in [0.717, 1.165) is 5.56 Å². The number of hydrogen-bond donors (Lipinski definition) is 2. The van der Waals surface area contributed by atoms with Crippen molar-refractivity contribution in [3.05, 3.63) is 65.0 Å². The molecule has 0 aromatic carbocycles. The van der Waals surface area contributed by atoms with Crippen LogP contribution in [-0.2, 0) is 6.61 Å². The van der Waals surface area contributed by atoms with E-state index in [1.54, 1.807) is 36.8 Å². The molecular formula is C14H13ClN4O2. The van der Waals surface area contributed by atoms with Crippen molar-refractivity contribution in [2.45, 2.75) is 6.61 Å². The van der Waals surface area contributed by atoms with E-state index in [0.29, 0.717) is 16.9 Å². The van der Waals surface area contributed by atoms with Gasteiger partial charge in [-0.3, -0.25) is 14.9 Å². The number of aromatic nitrogens is 4. The highest BCUT2D eigenvalue weighted by molar-refractivity contribution is 5.85. The van der Waals surface area contributed by atoms with Crippen LogP contribution in [0.4, 0.5) is 0 Å². The summed E-state index contributed by atoms with van der Waals surface area (Å²) in [7, 11) is 0. The fourth-order valence-corrected chi connectivity index (χ4v) is 1.91. The largest absolute Gasteiger partial charge is 0.392 e. The average Bonchev–Trinajstić information content (AvgIpc) is 2.90. The van der Waals surface area contributed by atoms with Crippen molar-refractivity contribution in [3.63, 3.8) is 0 Å². The summed E-state index contributed by atoms with van der Waals surface area (Å²) in [4.78, 5) is 20.5. The molecule has 3 aromatic rings. The second-order valence-electron chi connectivity index (χ2n) is 4.25. The molecule has 0 radical (unpaired) electrons. The quantitative estimate of drug-likeness (QED) is 0.769. The van der Waals surface area contributed by atoms with Gasteiger partial charge in [-0.05, 0) is 17.7 Å². The lowest BCUT2D eigenvalue weighted by Crippen LogP contribution is -2.16. The Morgan fingerprint density at radius 3 is 2.71 bits per heavy atom. The number of nitrogens with zero attached hydrogens (tertiary/aromatic N) is 3. The predicted octanol–water partition coefficient (Wildman–Crippen LogP) is 1.54. The molecule has 0 unspecified atom stereocenters. The Labute approximate surface area is 126 Å². The Hall–Kier alpha value is -2.44. The fraction of sp³-hybridized carbons (Fsp3) is 0.0714. The summed E-state index contributed by atoms with van der Waals surface area (Å²) < 4.78 is 1.35. The van der Waals surface area contributed by atoms with Gasteiger partial charge < -0.3 is 5.11 Å². The highest BCUT2D eigenvalue weighted by Gasteiger charge is 2.10. The number of hydrogen-bond acceptors (Lipinski definition) is 4. The van der Waals surface area contributed by atoms with Crippen LogP contribution in [0.15, 0.2) is 53.8 Å². The van der Waals surface area contributed by atoms with Crippen LogP contribution in [0.1, 0.15) is 5.56 Å². The number of nitrogens with one attached hydrogen (secondary N) is 1. The highest BCUT2D eigenvalue weighted by atomic mass is 35.5. The van der Waals surface area contributed by atoms with Gasteiger partial charge in [0.2, 0.25) is 0 Å². The zero-order valence-corrected chi connectivity index (χ0v) is 11.7. The molecule has 0 spiro atoms. The molecular weight excluding hydrogens is 292 g/mol. The van der Waals surface area contributed by atoms with E-state index in [1.165, 1.54) is 10.9 Å². The number of aliphatic hydroxyl groups is 1. The molecule has 6 nitrogen and oxygen atoms in total. The average molecular weight is 305 g/mol. The minimum atomic E-state index is -0.192. The van der Waals surface area contributed by atoms with E-state index in [9.17, 15) is 4.79 Å². The molecule has 0 atom stereocenters. The van der Waals surface area contributed by atoms with Crippen LogP contribution < -0.4 is 5.56 Å². The summed E-state index contributed by atoms with van der Waals surface area (Å²) in [5.41, 5.74) is 1.79. The first-order valence-electron chi connectivity index (χ1n) is 6.06. The van der Waals surface area contributed by atoms with Crippen LogP contribution in [0.25, 0.3) is 16.9 Å². The number of halogens is 1. The van der Waals surface area contributed by atoms with Crippen molar-refractivity contribution in [2.75, 3.05) is 0 Å². The number of aromatic amines is 1. The summed E-state index contributed by atoms with van der Waals surface area (Å²) in [6, 6.07) is 7.00. The minimum Gasteiger partial charge on any atom is -0.392 e. The van der Waals surface area contributed by atoms with Gasteiger partial charge in [0, 0.05) is 30.4 Å². The normalized spacial score (nSPS) is 10.1. The lowest BCUT2D eigenvalue weighted by molar-refractivity contribution is 0.281. The summed E-state index contributed by atoms with van der Waals surface area (Å²) in [5, 5.41) is 11.9. The topological polar surface area (TPSA) is 83.8 Å². The molecule has 3 aromatic heterocycles. The second kappa shape index (κ2) is 6.34. The zero-order chi connectivity index (χ0) is 13.9. The van der Waals surface area contributed by atoms with Crippen molar-refractivity contribution in [2.24, 2.45) is 0 Å². The molecule has 0 amide bonds. The minimum absolute atomic E-state index is 0. The molecule has 0 aliphatic rings. The standard InChI is InChI=1S/C14H12N4O2.ClH/c19-9-10-3-4-13(16-6-10)18-14(20)12(8-17-18)11-2-1-5-15-7-11;/h1-8,17,19H,9H2;1H. The van der Waals surface area contributed by atoms with Crippen molar-refractivity contribution in [1.82, 2.24) is 19.7 Å². The van der Waals surface area contributed by atoms with Crippen LogP contribution >= 0.6 is 12.4 Å². The van der Waals surface area contributed by atoms with E-state index in [4.69, 9.17) is 5.11 Å². The maximum absolute atomic E-state index is 12.3. The van der Waals surface area contributed by atoms with Gasteiger partial charge in [0.05, 0.1) is 12.2 Å². The van der Waals surface area contributed by atoms with Gasteiger partial charge in [-0.15, -0.1) is 12.4 Å². The molecule has 0 saturated heterocycles. The van der Waals surface area contributed by atoms with Crippen molar-refractivity contribution < 1.29 is 5.11 Å². The molecule has 7 heteroatoms. The Morgan fingerprint density at radius 2 is 2.10 bits per heavy atom. The lowest BCUT2D eigenvalue weighted by Gasteiger charge is -2.01. The molecule has 0 aliphatic carbocycles. The Bertz CT molecular complexity index is 766. The molecule has 3 rings (SSSR count). The lowest BCUT2D eigenvalue weighted by atomic mass is 10.2. The molecule has 0 bridgehead atoms. The summed E-state index contributed by atoms with van der Waals surface area (Å²) >= 11 is 0. The van der Waals surface area contributed by atoms with Gasteiger partial charge in [-0.1, -0.05) is 12.1 Å². The third-order valence-electron chi connectivity index (χ3n) is 2.96. The number of H-pyrrole nitrogens is 1. The maximum Gasteiger partial charge on any atom is 0.280 e. The van der Waals surface area contributed by atoms with Gasteiger partial charge in [0.25, 0.3) is 5.56 Å². The van der Waals surface area contributed by atoms with Crippen LogP contribution in [0.5, 0.6) is 0 Å². The van der Waals surface area contributed by atoms with Crippen molar-refractivity contribution >= 4 is 12.4 Å². The van der Waals surface area contributed by atoms with Crippen LogP contribution in [0, 0.1) is 0 Å². The van der Waals surface area contributed by atoms with E-state index in [1.807, 2.05) is 6.07 Å². The molecule has 108 valence electrons. The van der Waals surface area contributed by atoms with Crippen LogP contribution in [0.2, 0.25) is 0 Å². The molecule has 0 saturated carbocycles. The first-order chi connectivity index (χ1) is 9.79. The Kier molecular flexibility index (Phi) is 4.52. The van der Waals surface area contributed by atoms with Gasteiger partial charge >= 0.3 is 0 Å². The first kappa shape index (κ1) is 15.0. The third-order valence-corrected chi connectivity index (χ3v) is 2.96. The molecule has 3 heterocycles. The van der Waals surface area contributed by atoms with E-state index >= 15 is 0 Å². The van der Waals surface area contributed by atoms with Crippen LogP contribution in [-0.4, -0.2) is 24.9 Å². The smallest absolute Gasteiger partial charge is 0.280 e. The van der Waals surface area contributed by atoms with Gasteiger partial charge in [0.1, 0.15) is 0 Å². The molecule has 0 fully saturated rings. The van der Waals surface area contributed by atoms with Gasteiger partial charge in [-0.25, -0.2) is 9.67 Å². The number of rotatable bonds is 3. The van der Waals surface area contributed by atoms with E-state index in [2.05, 4.69) is 15.1 Å². The Morgan fingerprint density at radius 1 is 1.24 bits per heavy atom. The predicted molar refractivity (Wildman–Crippen MR) is 80.6 cm³/mol. The third kappa shape index (κ3) is 2.86. The van der Waals surface area contributed by atoms with Crippen molar-refractivity contribution in [3.8, 4) is 16.9 Å². The number of pyridine rings is 2. The highest BCUT2D eigenvalue weighted by Crippen LogP contribution is 2.13. The monoisotopic (exact) mass is 304 g/mol. The molecule has 2 N–H and O–H groups in total. The molecule has 21 heavy (non-hydrogen) atoms. The van der Waals surface area contributed by atoms with E-state index < -0.39 is 0 Å². The SMILES string of the molecule is Cl.O=c1c(-c2cccnc2)c[nH]n1-c1ccc(CO)cn1. The molecule has 0 aliphatic heterocycles. The Balaban J connectivity index is 0.00000161. The fourth-order valence-electron chi connectivity index (χ4n) is 1.91. The summed E-state index contributed by atoms with van der Waals surface area (Å²) in [6.07, 6.45) is 6.45. The first-order valence-corrected chi connectivity index (χ1v) is 6.06. The van der Waals surface area contributed by atoms with Crippen LogP contribution in [0.3, 0.4) is 0 Å². The van der Waals surface area contributed by atoms with Crippen molar-refractivity contribution in [1.29, 1.82) is 0 Å². The maximum atomic E-state index is 12.3. The van der Waals surface area contributed by atoms with Gasteiger partial charge in [-0.2, -0.15) is 0 Å².